The van der Waals surface area contributed by atoms with Gasteiger partial charge in [-0.2, -0.15) is 4.72 Å². The van der Waals surface area contributed by atoms with Crippen LogP contribution in [0.15, 0.2) is 17.0 Å². The van der Waals surface area contributed by atoms with Gasteiger partial charge in [0, 0.05) is 0 Å². The Bertz CT molecular complexity index is 604. The van der Waals surface area contributed by atoms with Crippen molar-refractivity contribution in [3.8, 4) is 0 Å². The third-order valence-corrected chi connectivity index (χ3v) is 4.47. The average molecular weight is 305 g/mol. The SMILES string of the molecule is Cc1cc(F)cc(C)c1S(=O)(=O)NC(C(=O)O)C(C)O. The lowest BCUT2D eigenvalue weighted by molar-refractivity contribution is -0.141. The van der Waals surface area contributed by atoms with Gasteiger partial charge in [0.25, 0.3) is 0 Å². The van der Waals surface area contributed by atoms with E-state index in [1.54, 1.807) is 0 Å². The van der Waals surface area contributed by atoms with Crippen molar-refractivity contribution in [3.63, 3.8) is 0 Å². The zero-order chi connectivity index (χ0) is 15.7. The fourth-order valence-corrected chi connectivity index (χ4v) is 3.62. The summed E-state index contributed by atoms with van der Waals surface area (Å²) < 4.78 is 39.5. The Morgan fingerprint density at radius 3 is 2.10 bits per heavy atom. The molecule has 112 valence electrons. The number of aliphatic carboxylic acids is 1. The molecule has 0 aromatic heterocycles. The van der Waals surface area contributed by atoms with Crippen molar-refractivity contribution in [1.82, 2.24) is 4.72 Å². The van der Waals surface area contributed by atoms with Gasteiger partial charge in [-0.1, -0.05) is 0 Å². The largest absolute Gasteiger partial charge is 0.480 e. The molecule has 3 N–H and O–H groups in total. The van der Waals surface area contributed by atoms with Gasteiger partial charge in [0.2, 0.25) is 10.0 Å². The van der Waals surface area contributed by atoms with Crippen molar-refractivity contribution in [3.05, 3.63) is 29.1 Å². The number of aryl methyl sites for hydroxylation is 2. The van der Waals surface area contributed by atoms with Gasteiger partial charge in [-0.15, -0.1) is 0 Å². The van der Waals surface area contributed by atoms with E-state index in [1.807, 2.05) is 4.72 Å². The number of nitrogens with one attached hydrogen (secondary N) is 1. The van der Waals surface area contributed by atoms with Crippen molar-refractivity contribution in [2.45, 2.75) is 37.8 Å². The van der Waals surface area contributed by atoms with Crippen LogP contribution in [0.4, 0.5) is 4.39 Å². The molecule has 8 heteroatoms. The number of hydrogen-bond donors (Lipinski definition) is 3. The molecule has 0 bridgehead atoms. The number of sulfonamides is 1. The van der Waals surface area contributed by atoms with Crippen LogP contribution < -0.4 is 4.72 Å². The van der Waals surface area contributed by atoms with Gasteiger partial charge in [-0.3, -0.25) is 4.79 Å². The number of rotatable bonds is 5. The smallest absolute Gasteiger partial charge is 0.324 e. The third kappa shape index (κ3) is 3.53. The van der Waals surface area contributed by atoms with E-state index in [0.29, 0.717) is 0 Å². The first kappa shape index (κ1) is 16.5. The number of carboxylic acids is 1. The second kappa shape index (κ2) is 5.86. The Morgan fingerprint density at radius 1 is 1.30 bits per heavy atom. The molecule has 2 atom stereocenters. The molecule has 0 heterocycles. The topological polar surface area (TPSA) is 104 Å². The first-order valence-electron chi connectivity index (χ1n) is 5.76. The lowest BCUT2D eigenvalue weighted by Gasteiger charge is -2.19. The van der Waals surface area contributed by atoms with E-state index in [2.05, 4.69) is 0 Å². The lowest BCUT2D eigenvalue weighted by atomic mass is 10.1. The van der Waals surface area contributed by atoms with Crippen LogP contribution >= 0.6 is 0 Å². The summed E-state index contributed by atoms with van der Waals surface area (Å²) in [6.45, 7) is 3.97. The van der Waals surface area contributed by atoms with Crippen molar-refractivity contribution < 1.29 is 27.8 Å². The number of hydrogen-bond acceptors (Lipinski definition) is 4. The molecule has 1 rings (SSSR count). The van der Waals surface area contributed by atoms with Crippen LogP contribution in [0.2, 0.25) is 0 Å². The predicted molar refractivity (Wildman–Crippen MR) is 69.3 cm³/mol. The monoisotopic (exact) mass is 305 g/mol. The normalized spacial score (nSPS) is 14.8. The first-order valence-corrected chi connectivity index (χ1v) is 7.24. The number of benzene rings is 1. The average Bonchev–Trinajstić information content (AvgIpc) is 2.23. The van der Waals surface area contributed by atoms with Crippen LogP contribution in [-0.2, 0) is 14.8 Å². The summed E-state index contributed by atoms with van der Waals surface area (Å²) in [5.41, 5.74) is 0.314. The van der Waals surface area contributed by atoms with Crippen molar-refractivity contribution in [1.29, 1.82) is 0 Å². The Morgan fingerprint density at radius 2 is 1.75 bits per heavy atom. The fraction of sp³-hybridized carbons (Fsp3) is 0.417. The van der Waals surface area contributed by atoms with Gasteiger partial charge in [-0.25, -0.2) is 12.8 Å². The number of aliphatic hydroxyl groups is 1. The molecule has 0 aliphatic heterocycles. The van der Waals surface area contributed by atoms with Crippen molar-refractivity contribution >= 4 is 16.0 Å². The third-order valence-electron chi connectivity index (χ3n) is 2.72. The molecule has 2 unspecified atom stereocenters. The van der Waals surface area contributed by atoms with Crippen LogP contribution in [0.25, 0.3) is 0 Å². The molecule has 1 aromatic carbocycles. The summed E-state index contributed by atoms with van der Waals surface area (Å²) in [4.78, 5) is 10.7. The van der Waals surface area contributed by atoms with Gasteiger partial charge in [0.1, 0.15) is 11.9 Å². The maximum atomic E-state index is 13.2. The summed E-state index contributed by atoms with van der Waals surface area (Å²) in [5, 5.41) is 18.2. The van der Waals surface area contributed by atoms with E-state index < -0.39 is 34.0 Å². The Balaban J connectivity index is 3.28. The number of carboxylic acid groups (broad SMARTS) is 1. The quantitative estimate of drug-likeness (QED) is 0.737. The summed E-state index contributed by atoms with van der Waals surface area (Å²) in [6.07, 6.45) is -1.41. The molecule has 0 spiro atoms. The van der Waals surface area contributed by atoms with Gasteiger partial charge in [0.15, 0.2) is 0 Å². The Hall–Kier alpha value is -1.51. The maximum absolute atomic E-state index is 13.2. The lowest BCUT2D eigenvalue weighted by Crippen LogP contribution is -2.47. The van der Waals surface area contributed by atoms with Crippen LogP contribution in [0.1, 0.15) is 18.1 Å². The zero-order valence-electron chi connectivity index (χ0n) is 11.2. The van der Waals surface area contributed by atoms with E-state index in [4.69, 9.17) is 5.11 Å². The van der Waals surface area contributed by atoms with Crippen LogP contribution in [0.5, 0.6) is 0 Å². The molecule has 0 fully saturated rings. The number of halogens is 1. The minimum atomic E-state index is -4.19. The maximum Gasteiger partial charge on any atom is 0.324 e. The molecular weight excluding hydrogens is 289 g/mol. The fourth-order valence-electron chi connectivity index (χ4n) is 1.90. The van der Waals surface area contributed by atoms with Gasteiger partial charge >= 0.3 is 5.97 Å². The molecule has 1 aromatic rings. The molecule has 0 amide bonds. The first-order chi connectivity index (χ1) is 9.06. The minimum absolute atomic E-state index is 0.157. The highest BCUT2D eigenvalue weighted by Crippen LogP contribution is 2.21. The second-order valence-electron chi connectivity index (χ2n) is 4.55. The zero-order valence-corrected chi connectivity index (χ0v) is 12.0. The van der Waals surface area contributed by atoms with Crippen molar-refractivity contribution in [2.24, 2.45) is 0 Å². The summed E-state index contributed by atoms with van der Waals surface area (Å²) in [6, 6.07) is 0.406. The van der Waals surface area contributed by atoms with Gasteiger partial charge in [0.05, 0.1) is 11.0 Å². The number of aliphatic hydroxyl groups excluding tert-OH is 1. The molecule has 0 saturated carbocycles. The highest BCUT2D eigenvalue weighted by molar-refractivity contribution is 7.89. The van der Waals surface area contributed by atoms with Crippen LogP contribution in [0.3, 0.4) is 0 Å². The van der Waals surface area contributed by atoms with Crippen LogP contribution in [0, 0.1) is 19.7 Å². The van der Waals surface area contributed by atoms with E-state index in [-0.39, 0.29) is 16.0 Å². The molecule has 0 saturated heterocycles. The van der Waals surface area contributed by atoms with E-state index in [1.165, 1.54) is 13.8 Å². The molecular formula is C12H16FNO5S. The standard InChI is InChI=1S/C12H16FNO5S/c1-6-4-9(13)5-7(2)11(6)20(18,19)14-10(8(3)15)12(16)17/h4-5,8,10,14-15H,1-3H3,(H,16,17). The number of carbonyl (C=O) groups is 1. The summed E-state index contributed by atoms with van der Waals surface area (Å²) >= 11 is 0. The highest BCUT2D eigenvalue weighted by Gasteiger charge is 2.31. The Labute approximate surface area is 116 Å². The molecule has 0 radical (unpaired) electrons. The van der Waals surface area contributed by atoms with Crippen molar-refractivity contribution in [2.75, 3.05) is 0 Å². The molecule has 0 aliphatic carbocycles. The Kier molecular flexibility index (Phi) is 4.85. The summed E-state index contributed by atoms with van der Waals surface area (Å²) in [7, 11) is -4.19. The highest BCUT2D eigenvalue weighted by atomic mass is 32.2. The van der Waals surface area contributed by atoms with E-state index >= 15 is 0 Å². The molecule has 6 nitrogen and oxygen atoms in total. The van der Waals surface area contributed by atoms with Gasteiger partial charge < -0.3 is 10.2 Å². The molecule has 20 heavy (non-hydrogen) atoms. The second-order valence-corrected chi connectivity index (χ2v) is 6.20. The van der Waals surface area contributed by atoms with Gasteiger partial charge in [-0.05, 0) is 44.0 Å². The van der Waals surface area contributed by atoms with E-state index in [0.717, 1.165) is 19.1 Å². The predicted octanol–water partition coefficient (Wildman–Crippen LogP) is 0.555. The molecule has 0 aliphatic rings. The summed E-state index contributed by atoms with van der Waals surface area (Å²) in [5.74, 6) is -2.08. The van der Waals surface area contributed by atoms with E-state index in [9.17, 15) is 22.7 Å². The minimum Gasteiger partial charge on any atom is -0.480 e. The van der Waals surface area contributed by atoms with Crippen LogP contribution in [-0.4, -0.2) is 36.7 Å².